The second kappa shape index (κ2) is 11.5. The van der Waals surface area contributed by atoms with E-state index in [-0.39, 0.29) is 11.5 Å². The van der Waals surface area contributed by atoms with Crippen molar-refractivity contribution in [2.75, 3.05) is 44.2 Å². The first kappa shape index (κ1) is 28.6. The molecular weight excluding hydrogens is 580 g/mol. The monoisotopic (exact) mass is 617 g/mol. The Kier molecular flexibility index (Phi) is 7.17. The number of carbonyl (C=O) groups is 2. The van der Waals surface area contributed by atoms with E-state index in [0.717, 1.165) is 105 Å². The van der Waals surface area contributed by atoms with Gasteiger partial charge in [0.25, 0.3) is 5.91 Å². The Morgan fingerprint density at radius 2 is 1.74 bits per heavy atom. The molecule has 10 heteroatoms. The number of ether oxygens (including phenoxy) is 1. The number of nitrogens with one attached hydrogen (secondary N) is 1. The molecule has 10 nitrogen and oxygen atoms in total. The maximum Gasteiger partial charge on any atom is 0.336 e. The number of nitrogens with zero attached hydrogens (tertiary/aromatic N) is 5. The van der Waals surface area contributed by atoms with Crippen molar-refractivity contribution in [2.24, 2.45) is 5.11 Å². The van der Waals surface area contributed by atoms with Gasteiger partial charge in [0.1, 0.15) is 24.6 Å². The van der Waals surface area contributed by atoms with Crippen molar-refractivity contribution in [1.82, 2.24) is 9.89 Å². The van der Waals surface area contributed by atoms with Crippen LogP contribution >= 0.6 is 0 Å². The van der Waals surface area contributed by atoms with Crippen LogP contribution in [0.15, 0.2) is 35.4 Å². The van der Waals surface area contributed by atoms with Gasteiger partial charge < -0.3 is 20.1 Å². The summed E-state index contributed by atoms with van der Waals surface area (Å²) in [5.41, 5.74) is 17.8. The van der Waals surface area contributed by atoms with Crippen molar-refractivity contribution in [3.8, 4) is 11.5 Å². The summed E-state index contributed by atoms with van der Waals surface area (Å²) in [6.07, 6.45) is 8.57. The van der Waals surface area contributed by atoms with E-state index in [9.17, 15) is 14.7 Å². The molecule has 46 heavy (non-hydrogen) atoms. The third kappa shape index (κ3) is 4.62. The lowest BCUT2D eigenvalue weighted by Crippen LogP contribution is -2.45. The van der Waals surface area contributed by atoms with E-state index < -0.39 is 5.97 Å². The van der Waals surface area contributed by atoms with Crippen molar-refractivity contribution >= 4 is 23.1 Å². The summed E-state index contributed by atoms with van der Waals surface area (Å²) >= 11 is 0. The van der Waals surface area contributed by atoms with Gasteiger partial charge in [-0.2, -0.15) is 0 Å². The lowest BCUT2D eigenvalue weighted by atomic mass is 9.81. The number of carboxylic acid groups (broad SMARTS) is 1. The van der Waals surface area contributed by atoms with Crippen LogP contribution in [0.3, 0.4) is 0 Å². The molecule has 1 amide bonds. The number of azide groups is 1. The third-order valence-electron chi connectivity index (χ3n) is 10.3. The minimum atomic E-state index is -1.03. The fraction of sp³-hybridized carbons (Fsp3) is 0.417. The zero-order valence-electron chi connectivity index (χ0n) is 25.9. The Hall–Kier alpha value is -4.82. The van der Waals surface area contributed by atoms with Gasteiger partial charge in [-0.15, -0.1) is 0 Å². The first-order valence-electron chi connectivity index (χ1n) is 16.6. The summed E-state index contributed by atoms with van der Waals surface area (Å²) in [5.74, 6) is 0.372. The van der Waals surface area contributed by atoms with Gasteiger partial charge in [0, 0.05) is 82.7 Å². The molecule has 0 saturated heterocycles. The largest absolute Gasteiger partial charge is 0.478 e. The number of hydrogen-bond acceptors (Lipinski definition) is 5. The topological polar surface area (TPSA) is 131 Å². The molecule has 5 aliphatic heterocycles. The SMILES string of the molecule is [N-]=[N+]=NCCCNC(=O)c1ccc(C(=O)O)c(C2=c3cc4c5c(c3Oc3c2cc2c6c3CCCN6CCC2)CCC[N+]=5CCC4)c1. The van der Waals surface area contributed by atoms with E-state index in [2.05, 4.69) is 37.0 Å². The Bertz CT molecular complexity index is 2010. The predicted molar refractivity (Wildman–Crippen MR) is 175 cm³/mol. The number of anilines is 1. The van der Waals surface area contributed by atoms with Crippen molar-refractivity contribution in [3.63, 3.8) is 0 Å². The molecule has 234 valence electrons. The predicted octanol–water partition coefficient (Wildman–Crippen LogP) is 4.25. The first-order valence-corrected chi connectivity index (χ1v) is 16.6. The highest BCUT2D eigenvalue weighted by atomic mass is 16.5. The highest BCUT2D eigenvalue weighted by molar-refractivity contribution is 6.02. The Morgan fingerprint density at radius 1 is 0.957 bits per heavy atom. The van der Waals surface area contributed by atoms with Crippen molar-refractivity contribution in [2.45, 2.75) is 57.8 Å². The molecule has 0 saturated carbocycles. The van der Waals surface area contributed by atoms with Gasteiger partial charge in [-0.05, 0) is 91.9 Å². The molecular formula is C36H37N6O4+. The number of rotatable bonds is 7. The fourth-order valence-corrected chi connectivity index (χ4v) is 8.38. The molecule has 5 heterocycles. The van der Waals surface area contributed by atoms with Crippen LogP contribution in [0.2, 0.25) is 0 Å². The van der Waals surface area contributed by atoms with E-state index in [4.69, 9.17) is 10.3 Å². The lowest BCUT2D eigenvalue weighted by molar-refractivity contribution is 0.0696. The number of aromatic carboxylic acids is 1. The number of carboxylic acids is 1. The maximum absolute atomic E-state index is 13.3. The second-order valence-corrected chi connectivity index (χ2v) is 13.0. The van der Waals surface area contributed by atoms with Crippen LogP contribution in [0.4, 0.5) is 5.69 Å². The second-order valence-electron chi connectivity index (χ2n) is 13.0. The molecule has 2 N–H and O–H groups in total. The van der Waals surface area contributed by atoms with E-state index in [0.29, 0.717) is 30.6 Å². The van der Waals surface area contributed by atoms with Gasteiger partial charge in [-0.1, -0.05) is 5.11 Å². The normalized spacial score (nSPS) is 17.1. The van der Waals surface area contributed by atoms with Gasteiger partial charge >= 0.3 is 5.97 Å². The molecule has 5 aliphatic rings. The van der Waals surface area contributed by atoms with E-state index in [1.807, 2.05) is 0 Å². The molecule has 3 aromatic carbocycles. The summed E-state index contributed by atoms with van der Waals surface area (Å²) < 4.78 is 9.60. The average molecular weight is 618 g/mol. The fourth-order valence-electron chi connectivity index (χ4n) is 8.38. The highest BCUT2D eigenvalue weighted by Gasteiger charge is 2.36. The third-order valence-corrected chi connectivity index (χ3v) is 10.3. The van der Waals surface area contributed by atoms with E-state index >= 15 is 0 Å². The summed E-state index contributed by atoms with van der Waals surface area (Å²) in [4.78, 5) is 31.5. The molecule has 0 aliphatic carbocycles. The Labute approximate surface area is 266 Å². The zero-order valence-corrected chi connectivity index (χ0v) is 25.9. The minimum absolute atomic E-state index is 0.162. The summed E-state index contributed by atoms with van der Waals surface area (Å²) in [5, 5.41) is 19.2. The number of fused-ring (bicyclic) bond motifs is 4. The van der Waals surface area contributed by atoms with Crippen LogP contribution in [0, 0.1) is 0 Å². The number of carbonyl (C=O) groups excluding carboxylic acids is 1. The smallest absolute Gasteiger partial charge is 0.336 e. The van der Waals surface area contributed by atoms with Crippen LogP contribution in [-0.4, -0.2) is 56.3 Å². The molecule has 0 radical (unpaired) electrons. The maximum atomic E-state index is 13.3. The van der Waals surface area contributed by atoms with Crippen LogP contribution in [-0.2, 0) is 25.7 Å². The van der Waals surface area contributed by atoms with Gasteiger partial charge in [-0.3, -0.25) is 4.79 Å². The van der Waals surface area contributed by atoms with Gasteiger partial charge in [-0.25, -0.2) is 9.37 Å². The summed E-state index contributed by atoms with van der Waals surface area (Å²) in [6.45, 7) is 4.82. The quantitative estimate of drug-likeness (QED) is 0.105. The van der Waals surface area contributed by atoms with Crippen LogP contribution < -0.4 is 30.1 Å². The number of aryl methyl sites for hydroxylation is 2. The van der Waals surface area contributed by atoms with Crippen molar-refractivity contribution < 1.29 is 19.4 Å². The molecule has 0 atom stereocenters. The Balaban J connectivity index is 1.40. The molecule has 8 rings (SSSR count). The summed E-state index contributed by atoms with van der Waals surface area (Å²) in [6, 6.07) is 9.38. The Morgan fingerprint density at radius 3 is 2.57 bits per heavy atom. The van der Waals surface area contributed by atoms with Gasteiger partial charge in [0.2, 0.25) is 5.36 Å². The molecule has 0 bridgehead atoms. The van der Waals surface area contributed by atoms with E-state index in [1.165, 1.54) is 33.3 Å². The lowest BCUT2D eigenvalue weighted by Gasteiger charge is -2.39. The average Bonchev–Trinajstić information content (AvgIpc) is 3.07. The highest BCUT2D eigenvalue weighted by Crippen LogP contribution is 2.48. The molecule has 0 fully saturated rings. The molecule has 0 spiro atoms. The zero-order chi connectivity index (χ0) is 31.4. The number of amides is 1. The van der Waals surface area contributed by atoms with E-state index in [1.54, 1.807) is 18.2 Å². The number of benzene rings is 3. The standard InChI is InChI=1S/C36H36N6O4/c37-40-39-13-5-12-38-35(43)23-10-11-24(36(44)45)27(20-23)30-28-18-21-6-1-14-41-16-3-8-25(31(21)41)33(28)46-34-26-9-4-17-42-15-2-7-22(32(26)42)19-29(30)34/h10-11,18-20H,1-9,12-17H2,(H-,38,43,44,45)/p+1. The van der Waals surface area contributed by atoms with Crippen LogP contribution in [0.5, 0.6) is 11.5 Å². The molecule has 0 unspecified atom stereocenters. The minimum Gasteiger partial charge on any atom is -0.478 e. The number of hydrogen-bond donors (Lipinski definition) is 2. The van der Waals surface area contributed by atoms with Crippen LogP contribution in [0.1, 0.15) is 86.2 Å². The summed E-state index contributed by atoms with van der Waals surface area (Å²) in [7, 11) is 0. The molecule has 0 aromatic heterocycles. The molecule has 3 aromatic rings. The van der Waals surface area contributed by atoms with Gasteiger partial charge in [0.05, 0.1) is 11.1 Å². The first-order chi connectivity index (χ1) is 22.5. The van der Waals surface area contributed by atoms with Crippen molar-refractivity contribution in [3.05, 3.63) is 95.9 Å². The van der Waals surface area contributed by atoms with Crippen molar-refractivity contribution in [1.29, 1.82) is 0 Å². The van der Waals surface area contributed by atoms with Gasteiger partial charge in [0.15, 0.2) is 0 Å². The van der Waals surface area contributed by atoms with Crippen LogP contribution in [0.25, 0.3) is 16.0 Å².